The topological polar surface area (TPSA) is 20.3 Å². The zero-order chi connectivity index (χ0) is 12.5. The Morgan fingerprint density at radius 2 is 2.35 bits per heavy atom. The summed E-state index contributed by atoms with van der Waals surface area (Å²) in [5.41, 5.74) is 1.40. The van der Waals surface area contributed by atoms with Crippen LogP contribution in [0.2, 0.25) is 0 Å². The summed E-state index contributed by atoms with van der Waals surface area (Å²) in [5.74, 6) is 1.07. The van der Waals surface area contributed by atoms with E-state index in [0.717, 1.165) is 22.4 Å². The highest BCUT2D eigenvalue weighted by Gasteiger charge is 2.43. The van der Waals surface area contributed by atoms with Gasteiger partial charge in [-0.2, -0.15) is 12.6 Å². The first kappa shape index (κ1) is 13.4. The Labute approximate surface area is 120 Å². The highest BCUT2D eigenvalue weighted by Crippen LogP contribution is 2.49. The molecule has 2 nitrogen and oxygen atoms in total. The van der Waals surface area contributed by atoms with E-state index in [-0.39, 0.29) is 11.3 Å². The Morgan fingerprint density at radius 1 is 1.65 bits per heavy atom. The highest BCUT2D eigenvalue weighted by atomic mass is 79.9. The van der Waals surface area contributed by atoms with Gasteiger partial charge in [-0.3, -0.25) is 4.79 Å². The van der Waals surface area contributed by atoms with Gasteiger partial charge in [0.15, 0.2) is 0 Å². The normalized spacial score (nSPS) is 16.9. The summed E-state index contributed by atoms with van der Waals surface area (Å²) in [7, 11) is 1.88. The molecule has 17 heavy (non-hydrogen) atoms. The molecule has 1 aliphatic rings. The average Bonchev–Trinajstić information content (AvgIpc) is 2.95. The van der Waals surface area contributed by atoms with Crippen LogP contribution in [0.15, 0.2) is 15.2 Å². The third-order valence-electron chi connectivity index (χ3n) is 3.29. The monoisotopic (exact) mass is 333 g/mol. The van der Waals surface area contributed by atoms with Gasteiger partial charge in [0.25, 0.3) is 0 Å². The van der Waals surface area contributed by atoms with Crippen molar-refractivity contribution in [2.24, 2.45) is 5.41 Å². The van der Waals surface area contributed by atoms with Crippen molar-refractivity contribution in [3.05, 3.63) is 20.8 Å². The van der Waals surface area contributed by atoms with Gasteiger partial charge < -0.3 is 4.90 Å². The second kappa shape index (κ2) is 5.33. The number of carbonyl (C=O) groups is 1. The Balaban J connectivity index is 1.87. The summed E-state index contributed by atoms with van der Waals surface area (Å²) in [6, 6.07) is 2.07. The minimum absolute atomic E-state index is 0.212. The number of amides is 1. The quantitative estimate of drug-likeness (QED) is 0.817. The Morgan fingerprint density at radius 3 is 2.82 bits per heavy atom. The number of thiophene rings is 1. The van der Waals surface area contributed by atoms with E-state index in [4.69, 9.17) is 0 Å². The molecule has 0 aromatic carbocycles. The zero-order valence-electron chi connectivity index (χ0n) is 9.78. The molecular weight excluding hydrogens is 318 g/mol. The zero-order valence-corrected chi connectivity index (χ0v) is 13.1. The van der Waals surface area contributed by atoms with Crippen LogP contribution in [-0.4, -0.2) is 23.6 Å². The van der Waals surface area contributed by atoms with E-state index in [2.05, 4.69) is 40.0 Å². The van der Waals surface area contributed by atoms with Crippen molar-refractivity contribution in [1.29, 1.82) is 0 Å². The van der Waals surface area contributed by atoms with Crippen LogP contribution in [-0.2, 0) is 11.3 Å². The van der Waals surface area contributed by atoms with E-state index in [1.807, 2.05) is 11.9 Å². The smallest absolute Gasteiger partial charge is 0.223 e. The number of rotatable bonds is 5. The lowest BCUT2D eigenvalue weighted by Crippen LogP contribution is -2.28. The molecule has 5 heteroatoms. The van der Waals surface area contributed by atoms with Crippen LogP contribution >= 0.6 is 39.9 Å². The molecule has 0 aliphatic heterocycles. The summed E-state index contributed by atoms with van der Waals surface area (Å²) in [6.45, 7) is 0.698. The molecule has 0 unspecified atom stereocenters. The maximum Gasteiger partial charge on any atom is 0.223 e. The number of nitrogens with zero attached hydrogens (tertiary/aromatic N) is 1. The van der Waals surface area contributed by atoms with Crippen molar-refractivity contribution in [3.8, 4) is 0 Å². The molecule has 1 heterocycles. The lowest BCUT2D eigenvalue weighted by molar-refractivity contribution is -0.131. The van der Waals surface area contributed by atoms with Gasteiger partial charge in [0.2, 0.25) is 5.91 Å². The van der Waals surface area contributed by atoms with Gasteiger partial charge in [-0.25, -0.2) is 0 Å². The minimum Gasteiger partial charge on any atom is -0.341 e. The Hall–Kier alpha value is -0.0000000000000000555. The van der Waals surface area contributed by atoms with Crippen LogP contribution in [0.3, 0.4) is 0 Å². The molecule has 0 radical (unpaired) electrons. The third kappa shape index (κ3) is 3.48. The lowest BCUT2D eigenvalue weighted by Gasteiger charge is -2.19. The predicted octanol–water partition coefficient (Wildman–Crippen LogP) is 3.57. The van der Waals surface area contributed by atoms with Crippen LogP contribution in [0.25, 0.3) is 0 Å². The van der Waals surface area contributed by atoms with E-state index in [0.29, 0.717) is 13.0 Å². The molecule has 1 aliphatic carbocycles. The number of hydrogen-bond donors (Lipinski definition) is 1. The van der Waals surface area contributed by atoms with Gasteiger partial charge in [0.1, 0.15) is 0 Å². The van der Waals surface area contributed by atoms with Gasteiger partial charge in [0.05, 0.1) is 3.79 Å². The van der Waals surface area contributed by atoms with Crippen molar-refractivity contribution < 1.29 is 4.79 Å². The SMILES string of the molecule is CN(Cc1csc(Br)c1)C(=O)CC1(CS)CC1. The largest absolute Gasteiger partial charge is 0.341 e. The number of carbonyl (C=O) groups excluding carboxylic acids is 1. The van der Waals surface area contributed by atoms with Gasteiger partial charge in [-0.15, -0.1) is 11.3 Å². The molecule has 94 valence electrons. The maximum atomic E-state index is 12.1. The minimum atomic E-state index is 0.212. The second-order valence-corrected chi connectivity index (χ2v) is 7.45. The van der Waals surface area contributed by atoms with Gasteiger partial charge >= 0.3 is 0 Å². The van der Waals surface area contributed by atoms with Crippen LogP contribution in [0, 0.1) is 5.41 Å². The van der Waals surface area contributed by atoms with Gasteiger partial charge in [0, 0.05) is 20.0 Å². The predicted molar refractivity (Wildman–Crippen MR) is 78.6 cm³/mol. The Kier molecular flexibility index (Phi) is 4.21. The Bertz CT molecular complexity index is 414. The molecule has 0 saturated heterocycles. The number of thiol groups is 1. The van der Waals surface area contributed by atoms with E-state index in [9.17, 15) is 4.79 Å². The molecule has 2 rings (SSSR count). The molecule has 1 fully saturated rings. The standard InChI is InChI=1S/C12H16BrNOS2/c1-14(6-9-4-10(13)17-7-9)11(15)5-12(8-16)2-3-12/h4,7,16H,2-3,5-6,8H2,1H3. The van der Waals surface area contributed by atoms with Crippen molar-refractivity contribution in [1.82, 2.24) is 4.90 Å². The summed E-state index contributed by atoms with van der Waals surface area (Å²) in [6.07, 6.45) is 2.96. The molecule has 0 atom stereocenters. The summed E-state index contributed by atoms with van der Waals surface area (Å²) >= 11 is 9.42. The molecule has 1 aromatic heterocycles. The summed E-state index contributed by atoms with van der Waals surface area (Å²) in [4.78, 5) is 13.9. The van der Waals surface area contributed by atoms with E-state index < -0.39 is 0 Å². The lowest BCUT2D eigenvalue weighted by atomic mass is 10.0. The summed E-state index contributed by atoms with van der Waals surface area (Å²) < 4.78 is 1.11. The van der Waals surface area contributed by atoms with Crippen molar-refractivity contribution >= 4 is 45.8 Å². The van der Waals surface area contributed by atoms with Crippen LogP contribution in [0.1, 0.15) is 24.8 Å². The van der Waals surface area contributed by atoms with E-state index in [1.54, 1.807) is 11.3 Å². The fourth-order valence-corrected chi connectivity index (χ4v) is 3.44. The van der Waals surface area contributed by atoms with Crippen molar-refractivity contribution in [2.75, 3.05) is 12.8 Å². The average molecular weight is 334 g/mol. The van der Waals surface area contributed by atoms with Gasteiger partial charge in [-0.05, 0) is 56.9 Å². The molecule has 0 N–H and O–H groups in total. The molecule has 1 saturated carbocycles. The van der Waals surface area contributed by atoms with E-state index in [1.165, 1.54) is 5.56 Å². The van der Waals surface area contributed by atoms with Crippen LogP contribution in [0.4, 0.5) is 0 Å². The molecule has 1 aromatic rings. The highest BCUT2D eigenvalue weighted by molar-refractivity contribution is 9.11. The first-order valence-electron chi connectivity index (χ1n) is 5.62. The number of halogens is 1. The summed E-state index contributed by atoms with van der Waals surface area (Å²) in [5, 5.41) is 2.08. The molecule has 0 bridgehead atoms. The third-order valence-corrected chi connectivity index (χ3v) is 5.51. The maximum absolute atomic E-state index is 12.1. The van der Waals surface area contributed by atoms with Crippen molar-refractivity contribution in [3.63, 3.8) is 0 Å². The first-order valence-corrected chi connectivity index (χ1v) is 7.93. The van der Waals surface area contributed by atoms with Crippen molar-refractivity contribution in [2.45, 2.75) is 25.8 Å². The van der Waals surface area contributed by atoms with Crippen LogP contribution < -0.4 is 0 Å². The fourth-order valence-electron chi connectivity index (χ4n) is 1.81. The first-order chi connectivity index (χ1) is 8.04. The second-order valence-electron chi connectivity index (χ2n) is 4.84. The van der Waals surface area contributed by atoms with E-state index >= 15 is 0 Å². The fraction of sp³-hybridized carbons (Fsp3) is 0.583. The molecular formula is C12H16BrNOS2. The van der Waals surface area contributed by atoms with Gasteiger partial charge in [-0.1, -0.05) is 0 Å². The number of hydrogen-bond acceptors (Lipinski definition) is 3. The molecule has 0 spiro atoms. The molecule has 1 amide bonds. The van der Waals surface area contributed by atoms with Crippen LogP contribution in [0.5, 0.6) is 0 Å².